The summed E-state index contributed by atoms with van der Waals surface area (Å²) in [6, 6.07) is 0. The van der Waals surface area contributed by atoms with Gasteiger partial charge in [0.1, 0.15) is 5.82 Å². The van der Waals surface area contributed by atoms with Crippen LogP contribution in [0.3, 0.4) is 0 Å². The zero-order chi connectivity index (χ0) is 8.81. The lowest BCUT2D eigenvalue weighted by atomic mass is 10.4. The molecule has 0 amide bonds. The summed E-state index contributed by atoms with van der Waals surface area (Å²) in [6.07, 6.45) is 4.90. The summed E-state index contributed by atoms with van der Waals surface area (Å²) in [6.45, 7) is 1.01. The first-order valence-electron chi connectivity index (χ1n) is 4.14. The van der Waals surface area contributed by atoms with Crippen molar-refractivity contribution in [2.45, 2.75) is 19.4 Å². The minimum Gasteiger partial charge on any atom is -0.335 e. The van der Waals surface area contributed by atoms with Crippen molar-refractivity contribution >= 4 is 0 Å². The van der Waals surface area contributed by atoms with Gasteiger partial charge in [0.15, 0.2) is 0 Å². The van der Waals surface area contributed by atoms with E-state index in [4.69, 9.17) is 5.73 Å². The van der Waals surface area contributed by atoms with Gasteiger partial charge < -0.3 is 10.3 Å². The van der Waals surface area contributed by atoms with Gasteiger partial charge in [-0.15, -0.1) is 0 Å². The Balaban J connectivity index is 2.51. The molecule has 0 aliphatic rings. The topological polar surface area (TPSA) is 43.8 Å². The highest BCUT2D eigenvalue weighted by molar-refractivity contribution is 4.92. The minimum atomic E-state index is -0.278. The van der Waals surface area contributed by atoms with E-state index in [2.05, 4.69) is 4.98 Å². The predicted molar refractivity (Wildman–Crippen MR) is 45.6 cm³/mol. The molecule has 1 aromatic heterocycles. The van der Waals surface area contributed by atoms with Crippen molar-refractivity contribution in [3.05, 3.63) is 18.2 Å². The van der Waals surface area contributed by atoms with E-state index >= 15 is 0 Å². The van der Waals surface area contributed by atoms with Gasteiger partial charge in [-0.1, -0.05) is 0 Å². The van der Waals surface area contributed by atoms with Crippen LogP contribution in [0.1, 0.15) is 12.2 Å². The van der Waals surface area contributed by atoms with E-state index in [1.165, 1.54) is 0 Å². The number of nitrogens with zero attached hydrogens (tertiary/aromatic N) is 2. The van der Waals surface area contributed by atoms with Crippen molar-refractivity contribution in [2.75, 3.05) is 13.2 Å². The summed E-state index contributed by atoms with van der Waals surface area (Å²) in [5, 5.41) is 0. The largest absolute Gasteiger partial charge is 0.335 e. The van der Waals surface area contributed by atoms with E-state index < -0.39 is 0 Å². The number of imidazole rings is 1. The molecule has 68 valence electrons. The van der Waals surface area contributed by atoms with Gasteiger partial charge in [0.2, 0.25) is 0 Å². The van der Waals surface area contributed by atoms with E-state index in [-0.39, 0.29) is 6.67 Å². The number of hydrogen-bond acceptors (Lipinski definition) is 2. The molecular formula is C8H14FN3. The lowest BCUT2D eigenvalue weighted by Gasteiger charge is -2.04. The van der Waals surface area contributed by atoms with E-state index in [0.717, 1.165) is 12.2 Å². The van der Waals surface area contributed by atoms with Gasteiger partial charge in [0.05, 0.1) is 6.67 Å². The van der Waals surface area contributed by atoms with E-state index in [9.17, 15) is 4.39 Å². The Hall–Kier alpha value is -0.900. The molecular weight excluding hydrogens is 157 g/mol. The lowest BCUT2D eigenvalue weighted by molar-refractivity contribution is 0.443. The highest BCUT2D eigenvalue weighted by atomic mass is 19.1. The fourth-order valence-electron chi connectivity index (χ4n) is 1.13. The van der Waals surface area contributed by atoms with Crippen molar-refractivity contribution in [1.29, 1.82) is 0 Å². The maximum atomic E-state index is 11.8. The molecule has 0 aliphatic heterocycles. The molecule has 12 heavy (non-hydrogen) atoms. The molecule has 0 aromatic carbocycles. The minimum absolute atomic E-state index is 0.278. The van der Waals surface area contributed by atoms with E-state index in [0.29, 0.717) is 19.5 Å². The van der Waals surface area contributed by atoms with Crippen LogP contribution < -0.4 is 5.73 Å². The van der Waals surface area contributed by atoms with Gasteiger partial charge in [-0.05, 0) is 13.0 Å². The molecule has 0 aliphatic carbocycles. The predicted octanol–water partition coefficient (Wildman–Crippen LogP) is 0.744. The van der Waals surface area contributed by atoms with Gasteiger partial charge in [0, 0.05) is 25.4 Å². The highest BCUT2D eigenvalue weighted by Gasteiger charge is 1.99. The summed E-state index contributed by atoms with van der Waals surface area (Å²) in [5.41, 5.74) is 5.39. The Kier molecular flexibility index (Phi) is 3.73. The Labute approximate surface area is 71.4 Å². The number of aromatic nitrogens is 2. The molecule has 0 radical (unpaired) electrons. The molecule has 0 spiro atoms. The maximum Gasteiger partial charge on any atom is 0.109 e. The maximum absolute atomic E-state index is 11.8. The SMILES string of the molecule is NCCc1nccn1CCCF. The molecule has 0 atom stereocenters. The Morgan fingerprint density at radius 2 is 2.42 bits per heavy atom. The van der Waals surface area contributed by atoms with Crippen LogP contribution in [-0.2, 0) is 13.0 Å². The number of rotatable bonds is 5. The Morgan fingerprint density at radius 3 is 3.08 bits per heavy atom. The van der Waals surface area contributed by atoms with E-state index in [1.807, 2.05) is 10.8 Å². The molecule has 1 aromatic rings. The van der Waals surface area contributed by atoms with Crippen molar-refractivity contribution < 1.29 is 4.39 Å². The van der Waals surface area contributed by atoms with Crippen molar-refractivity contribution in [3.8, 4) is 0 Å². The first-order chi connectivity index (χ1) is 5.88. The second-order valence-electron chi connectivity index (χ2n) is 2.62. The molecule has 0 unspecified atom stereocenters. The summed E-state index contributed by atoms with van der Waals surface area (Å²) in [4.78, 5) is 4.12. The van der Waals surface area contributed by atoms with Crippen LogP contribution in [0.25, 0.3) is 0 Å². The molecule has 1 heterocycles. The number of aryl methyl sites for hydroxylation is 1. The summed E-state index contributed by atoms with van der Waals surface area (Å²) in [7, 11) is 0. The molecule has 1 rings (SSSR count). The molecule has 0 saturated heterocycles. The van der Waals surface area contributed by atoms with Crippen LogP contribution in [0.15, 0.2) is 12.4 Å². The molecule has 3 nitrogen and oxygen atoms in total. The number of hydrogen-bond donors (Lipinski definition) is 1. The third kappa shape index (κ3) is 2.30. The quantitative estimate of drug-likeness (QED) is 0.710. The average molecular weight is 171 g/mol. The van der Waals surface area contributed by atoms with Gasteiger partial charge in [0.25, 0.3) is 0 Å². The van der Waals surface area contributed by atoms with Crippen LogP contribution in [0, 0.1) is 0 Å². The fourth-order valence-corrected chi connectivity index (χ4v) is 1.13. The average Bonchev–Trinajstić information content (AvgIpc) is 2.50. The zero-order valence-corrected chi connectivity index (χ0v) is 7.04. The van der Waals surface area contributed by atoms with Crippen molar-refractivity contribution in [2.24, 2.45) is 5.73 Å². The second kappa shape index (κ2) is 4.87. The number of nitrogens with two attached hydrogens (primary N) is 1. The third-order valence-corrected chi connectivity index (χ3v) is 1.70. The van der Waals surface area contributed by atoms with Crippen LogP contribution in [-0.4, -0.2) is 22.8 Å². The molecule has 0 saturated carbocycles. The van der Waals surface area contributed by atoms with Crippen molar-refractivity contribution in [1.82, 2.24) is 9.55 Å². The standard InChI is InChI=1S/C8H14FN3/c9-3-1-6-12-7-5-11-8(12)2-4-10/h5,7H,1-4,6,10H2. The molecule has 4 heteroatoms. The van der Waals surface area contributed by atoms with Crippen LogP contribution in [0.4, 0.5) is 4.39 Å². The molecule has 2 N–H and O–H groups in total. The smallest absolute Gasteiger partial charge is 0.109 e. The van der Waals surface area contributed by atoms with Crippen LogP contribution in [0.2, 0.25) is 0 Å². The third-order valence-electron chi connectivity index (χ3n) is 1.70. The molecule has 0 fully saturated rings. The van der Waals surface area contributed by atoms with Gasteiger partial charge in [-0.25, -0.2) is 4.98 Å². The fraction of sp³-hybridized carbons (Fsp3) is 0.625. The second-order valence-corrected chi connectivity index (χ2v) is 2.62. The summed E-state index contributed by atoms with van der Waals surface area (Å²) in [5.74, 6) is 0.950. The van der Waals surface area contributed by atoms with E-state index in [1.54, 1.807) is 6.20 Å². The van der Waals surface area contributed by atoms with Crippen LogP contribution in [0.5, 0.6) is 0 Å². The first kappa shape index (κ1) is 9.19. The highest BCUT2D eigenvalue weighted by Crippen LogP contribution is 1.99. The molecule has 0 bridgehead atoms. The monoisotopic (exact) mass is 171 g/mol. The van der Waals surface area contributed by atoms with Gasteiger partial charge in [-0.3, -0.25) is 4.39 Å². The van der Waals surface area contributed by atoms with Gasteiger partial charge >= 0.3 is 0 Å². The normalized spacial score (nSPS) is 10.5. The Morgan fingerprint density at radius 1 is 1.58 bits per heavy atom. The first-order valence-corrected chi connectivity index (χ1v) is 4.14. The van der Waals surface area contributed by atoms with Crippen molar-refractivity contribution in [3.63, 3.8) is 0 Å². The van der Waals surface area contributed by atoms with Gasteiger partial charge in [-0.2, -0.15) is 0 Å². The number of alkyl halides is 1. The zero-order valence-electron chi connectivity index (χ0n) is 7.04. The number of halogens is 1. The Bertz CT molecular complexity index is 222. The van der Waals surface area contributed by atoms with Crippen LogP contribution >= 0.6 is 0 Å². The lowest BCUT2D eigenvalue weighted by Crippen LogP contribution is -2.10. The summed E-state index contributed by atoms with van der Waals surface area (Å²) < 4.78 is 13.8. The summed E-state index contributed by atoms with van der Waals surface area (Å²) >= 11 is 0.